The van der Waals surface area contributed by atoms with Gasteiger partial charge in [-0.3, -0.25) is 15.6 Å². The molecule has 2 N–H and O–H groups in total. The van der Waals surface area contributed by atoms with E-state index in [1.807, 2.05) is 31.2 Å². The van der Waals surface area contributed by atoms with Gasteiger partial charge in [0, 0.05) is 6.92 Å². The molecule has 0 aliphatic rings. The SMILES string of the molecule is CC(=O)NNc1ccc(C)cc1. The number of hydrazine groups is 1. The third kappa shape index (κ3) is 2.62. The molecule has 1 amide bonds. The highest BCUT2D eigenvalue weighted by Crippen LogP contribution is 2.06. The normalized spacial score (nSPS) is 9.17. The highest BCUT2D eigenvalue weighted by atomic mass is 16.2. The van der Waals surface area contributed by atoms with E-state index in [0.29, 0.717) is 0 Å². The molecule has 12 heavy (non-hydrogen) atoms. The van der Waals surface area contributed by atoms with E-state index in [2.05, 4.69) is 10.9 Å². The van der Waals surface area contributed by atoms with Gasteiger partial charge in [0.2, 0.25) is 5.91 Å². The van der Waals surface area contributed by atoms with Crippen LogP contribution in [0.2, 0.25) is 0 Å². The Bertz CT molecular complexity index is 266. The quantitative estimate of drug-likeness (QED) is 0.650. The standard InChI is InChI=1S/C9H12N2O/c1-7-3-5-9(6-4-7)11-10-8(2)12/h3-6,11H,1-2H3,(H,10,12). The molecule has 0 radical (unpaired) electrons. The lowest BCUT2D eigenvalue weighted by Gasteiger charge is -2.05. The zero-order chi connectivity index (χ0) is 8.97. The molecular formula is C9H12N2O. The van der Waals surface area contributed by atoms with Gasteiger partial charge in [-0.1, -0.05) is 17.7 Å². The maximum Gasteiger partial charge on any atom is 0.235 e. The first kappa shape index (κ1) is 8.59. The van der Waals surface area contributed by atoms with E-state index >= 15 is 0 Å². The number of hydrogen-bond acceptors (Lipinski definition) is 2. The molecule has 0 atom stereocenters. The Hall–Kier alpha value is -1.51. The summed E-state index contributed by atoms with van der Waals surface area (Å²) in [5.74, 6) is -0.101. The van der Waals surface area contributed by atoms with Crippen LogP contribution in [0.5, 0.6) is 0 Å². The molecule has 0 saturated heterocycles. The first-order valence-electron chi connectivity index (χ1n) is 3.78. The van der Waals surface area contributed by atoms with Gasteiger partial charge in [0.15, 0.2) is 0 Å². The molecule has 0 aliphatic carbocycles. The molecule has 3 nitrogen and oxygen atoms in total. The number of nitrogens with one attached hydrogen (secondary N) is 2. The average molecular weight is 164 g/mol. The smallest absolute Gasteiger partial charge is 0.235 e. The summed E-state index contributed by atoms with van der Waals surface area (Å²) in [5, 5.41) is 0. The highest BCUT2D eigenvalue weighted by molar-refractivity contribution is 5.74. The van der Waals surface area contributed by atoms with E-state index in [4.69, 9.17) is 0 Å². The molecule has 0 aliphatic heterocycles. The van der Waals surface area contributed by atoms with E-state index in [-0.39, 0.29) is 5.91 Å². The summed E-state index contributed by atoms with van der Waals surface area (Å²) in [6.45, 7) is 3.48. The van der Waals surface area contributed by atoms with Gasteiger partial charge in [-0.05, 0) is 19.1 Å². The van der Waals surface area contributed by atoms with Crippen LogP contribution >= 0.6 is 0 Å². The molecule has 1 rings (SSSR count). The topological polar surface area (TPSA) is 41.1 Å². The van der Waals surface area contributed by atoms with Crippen molar-refractivity contribution in [1.29, 1.82) is 0 Å². The van der Waals surface area contributed by atoms with Crippen molar-refractivity contribution in [2.24, 2.45) is 0 Å². The van der Waals surface area contributed by atoms with Gasteiger partial charge >= 0.3 is 0 Å². The monoisotopic (exact) mass is 164 g/mol. The number of carbonyl (C=O) groups excluding carboxylic acids is 1. The van der Waals surface area contributed by atoms with E-state index in [0.717, 1.165) is 5.69 Å². The fourth-order valence-electron chi connectivity index (χ4n) is 0.797. The van der Waals surface area contributed by atoms with Crippen molar-refractivity contribution in [3.8, 4) is 0 Å². The first-order valence-corrected chi connectivity index (χ1v) is 3.78. The molecular weight excluding hydrogens is 152 g/mol. The van der Waals surface area contributed by atoms with Crippen LogP contribution in [0.25, 0.3) is 0 Å². The molecule has 0 spiro atoms. The Kier molecular flexibility index (Phi) is 2.69. The summed E-state index contributed by atoms with van der Waals surface area (Å²) in [7, 11) is 0. The van der Waals surface area contributed by atoms with Crippen molar-refractivity contribution in [3.63, 3.8) is 0 Å². The zero-order valence-electron chi connectivity index (χ0n) is 7.22. The summed E-state index contributed by atoms with van der Waals surface area (Å²) in [6, 6.07) is 7.77. The van der Waals surface area contributed by atoms with Gasteiger partial charge in [0.25, 0.3) is 0 Å². The van der Waals surface area contributed by atoms with Gasteiger partial charge in [0.1, 0.15) is 0 Å². The number of carbonyl (C=O) groups is 1. The maximum atomic E-state index is 10.5. The van der Waals surface area contributed by atoms with Crippen LogP contribution in [0.1, 0.15) is 12.5 Å². The van der Waals surface area contributed by atoms with Gasteiger partial charge in [-0.15, -0.1) is 0 Å². The molecule has 64 valence electrons. The van der Waals surface area contributed by atoms with Crippen LogP contribution in [0.3, 0.4) is 0 Å². The molecule has 0 bridgehead atoms. The van der Waals surface area contributed by atoms with Gasteiger partial charge in [-0.2, -0.15) is 0 Å². The van der Waals surface area contributed by atoms with Crippen molar-refractivity contribution in [2.45, 2.75) is 13.8 Å². The summed E-state index contributed by atoms with van der Waals surface area (Å²) in [5.41, 5.74) is 7.35. The summed E-state index contributed by atoms with van der Waals surface area (Å²) in [6.07, 6.45) is 0. The van der Waals surface area contributed by atoms with Crippen molar-refractivity contribution in [3.05, 3.63) is 29.8 Å². The first-order chi connectivity index (χ1) is 5.68. The lowest BCUT2D eigenvalue weighted by atomic mass is 10.2. The number of benzene rings is 1. The van der Waals surface area contributed by atoms with E-state index in [1.54, 1.807) is 0 Å². The van der Waals surface area contributed by atoms with Gasteiger partial charge in [-0.25, -0.2) is 0 Å². The van der Waals surface area contributed by atoms with Crippen LogP contribution in [-0.2, 0) is 4.79 Å². The second kappa shape index (κ2) is 3.76. The second-order valence-electron chi connectivity index (χ2n) is 2.67. The summed E-state index contributed by atoms with van der Waals surface area (Å²) >= 11 is 0. The van der Waals surface area contributed by atoms with Crippen molar-refractivity contribution in [2.75, 3.05) is 5.43 Å². The van der Waals surface area contributed by atoms with Crippen LogP contribution in [0, 0.1) is 6.92 Å². The van der Waals surface area contributed by atoms with E-state index in [9.17, 15) is 4.79 Å². The van der Waals surface area contributed by atoms with Crippen LogP contribution in [0.4, 0.5) is 5.69 Å². The van der Waals surface area contributed by atoms with Crippen LogP contribution < -0.4 is 10.9 Å². The lowest BCUT2D eigenvalue weighted by Crippen LogP contribution is -2.26. The van der Waals surface area contributed by atoms with Gasteiger partial charge < -0.3 is 0 Å². The summed E-state index contributed by atoms with van der Waals surface area (Å²) < 4.78 is 0. The van der Waals surface area contributed by atoms with Crippen LogP contribution in [0.15, 0.2) is 24.3 Å². The molecule has 0 heterocycles. The number of rotatable bonds is 2. The maximum absolute atomic E-state index is 10.5. The van der Waals surface area contributed by atoms with Crippen LogP contribution in [-0.4, -0.2) is 5.91 Å². The Labute approximate surface area is 71.8 Å². The van der Waals surface area contributed by atoms with E-state index < -0.39 is 0 Å². The summed E-state index contributed by atoms with van der Waals surface area (Å²) in [4.78, 5) is 10.5. The third-order valence-electron chi connectivity index (χ3n) is 1.43. The molecule has 3 heteroatoms. The zero-order valence-corrected chi connectivity index (χ0v) is 7.22. The predicted molar refractivity (Wildman–Crippen MR) is 48.6 cm³/mol. The second-order valence-corrected chi connectivity index (χ2v) is 2.67. The fourth-order valence-corrected chi connectivity index (χ4v) is 0.797. The van der Waals surface area contributed by atoms with Gasteiger partial charge in [0.05, 0.1) is 5.69 Å². The minimum atomic E-state index is -0.101. The Morgan fingerprint density at radius 3 is 2.33 bits per heavy atom. The minimum Gasteiger partial charge on any atom is -0.299 e. The third-order valence-corrected chi connectivity index (χ3v) is 1.43. The number of amides is 1. The molecule has 0 aromatic heterocycles. The average Bonchev–Trinajstić information content (AvgIpc) is 2.03. The van der Waals surface area contributed by atoms with Crippen molar-refractivity contribution < 1.29 is 4.79 Å². The fraction of sp³-hybridized carbons (Fsp3) is 0.222. The van der Waals surface area contributed by atoms with Crippen molar-refractivity contribution in [1.82, 2.24) is 5.43 Å². The molecule has 1 aromatic rings. The Balaban J connectivity index is 2.53. The lowest BCUT2D eigenvalue weighted by molar-refractivity contribution is -0.118. The Morgan fingerprint density at radius 2 is 1.83 bits per heavy atom. The number of aryl methyl sites for hydroxylation is 1. The predicted octanol–water partition coefficient (Wildman–Crippen LogP) is 1.46. The molecule has 0 unspecified atom stereocenters. The largest absolute Gasteiger partial charge is 0.299 e. The number of anilines is 1. The number of hydrogen-bond donors (Lipinski definition) is 2. The Morgan fingerprint density at radius 1 is 1.25 bits per heavy atom. The molecule has 0 fully saturated rings. The minimum absolute atomic E-state index is 0.101. The highest BCUT2D eigenvalue weighted by Gasteiger charge is 1.90. The molecule has 1 aromatic carbocycles. The van der Waals surface area contributed by atoms with Crippen molar-refractivity contribution >= 4 is 11.6 Å². The van der Waals surface area contributed by atoms with E-state index in [1.165, 1.54) is 12.5 Å². The molecule has 0 saturated carbocycles.